The van der Waals surface area contributed by atoms with Crippen LogP contribution in [0.3, 0.4) is 0 Å². The molecule has 3 aromatic carbocycles. The van der Waals surface area contributed by atoms with Gasteiger partial charge in [0.25, 0.3) is 0 Å². The lowest BCUT2D eigenvalue weighted by molar-refractivity contribution is -0.116. The van der Waals surface area contributed by atoms with Crippen LogP contribution in [-0.2, 0) is 4.79 Å². The summed E-state index contributed by atoms with van der Waals surface area (Å²) in [5.74, 6) is 1.67. The number of carbonyl (C=O) groups is 2. The number of amides is 1. The van der Waals surface area contributed by atoms with E-state index in [0.717, 1.165) is 16.9 Å². The zero-order chi connectivity index (χ0) is 24.6. The molecule has 0 fully saturated rings. The third kappa shape index (κ3) is 6.51. The lowest BCUT2D eigenvalue weighted by Gasteiger charge is -2.11. The lowest BCUT2D eigenvalue weighted by Crippen LogP contribution is -2.13. The second-order valence-corrected chi connectivity index (χ2v) is 7.96. The second-order valence-electron chi connectivity index (χ2n) is 7.96. The molecule has 4 rings (SSSR count). The van der Waals surface area contributed by atoms with E-state index in [4.69, 9.17) is 4.74 Å². The number of aryl methyl sites for hydroxylation is 1. The fraction of sp³-hybridized carbons (Fsp3) is 0.143. The van der Waals surface area contributed by atoms with E-state index in [1.54, 1.807) is 37.4 Å². The molecule has 0 radical (unpaired) electrons. The van der Waals surface area contributed by atoms with Crippen LogP contribution in [0.25, 0.3) is 11.3 Å². The van der Waals surface area contributed by atoms with E-state index in [1.165, 1.54) is 0 Å². The number of carbonyl (C=O) groups excluding carboxylic acids is 2. The number of ether oxygens (including phenoxy) is 1. The number of aromatic nitrogens is 2. The summed E-state index contributed by atoms with van der Waals surface area (Å²) in [5.41, 5.74) is 3.79. The molecular formula is C28H26N4O3. The molecule has 0 aliphatic heterocycles. The van der Waals surface area contributed by atoms with Crippen molar-refractivity contribution < 1.29 is 14.3 Å². The third-order valence-electron chi connectivity index (χ3n) is 5.32. The van der Waals surface area contributed by atoms with E-state index in [2.05, 4.69) is 20.6 Å². The largest absolute Gasteiger partial charge is 0.497 e. The van der Waals surface area contributed by atoms with Crippen LogP contribution in [0.4, 0.5) is 17.2 Å². The van der Waals surface area contributed by atoms with E-state index in [9.17, 15) is 9.59 Å². The average Bonchev–Trinajstić information content (AvgIpc) is 2.88. The molecule has 0 aliphatic rings. The van der Waals surface area contributed by atoms with Crippen LogP contribution >= 0.6 is 0 Å². The van der Waals surface area contributed by atoms with Crippen LogP contribution in [0.1, 0.15) is 29.0 Å². The number of methoxy groups -OCH3 is 1. The van der Waals surface area contributed by atoms with Crippen molar-refractivity contribution in [2.75, 3.05) is 17.7 Å². The van der Waals surface area contributed by atoms with Crippen LogP contribution in [0.5, 0.6) is 5.75 Å². The number of ketones is 1. The Morgan fingerprint density at radius 1 is 0.829 bits per heavy atom. The molecule has 2 N–H and O–H groups in total. The van der Waals surface area contributed by atoms with Crippen LogP contribution in [-0.4, -0.2) is 28.8 Å². The topological polar surface area (TPSA) is 93.2 Å². The molecule has 4 aromatic rings. The van der Waals surface area contributed by atoms with E-state index in [0.29, 0.717) is 28.6 Å². The molecule has 176 valence electrons. The van der Waals surface area contributed by atoms with Gasteiger partial charge in [-0.15, -0.1) is 0 Å². The summed E-state index contributed by atoms with van der Waals surface area (Å²) < 4.78 is 5.10. The quantitative estimate of drug-likeness (QED) is 0.303. The number of nitrogens with one attached hydrogen (secondary N) is 2. The van der Waals surface area contributed by atoms with Gasteiger partial charge in [0.2, 0.25) is 5.91 Å². The van der Waals surface area contributed by atoms with Crippen molar-refractivity contribution in [3.8, 4) is 17.0 Å². The summed E-state index contributed by atoms with van der Waals surface area (Å²) in [5, 5.41) is 6.14. The van der Waals surface area contributed by atoms with Crippen LogP contribution in [0.15, 0.2) is 84.9 Å². The number of rotatable bonds is 9. The van der Waals surface area contributed by atoms with Gasteiger partial charge in [-0.1, -0.05) is 36.4 Å². The predicted molar refractivity (Wildman–Crippen MR) is 137 cm³/mol. The first-order chi connectivity index (χ1) is 17.0. The number of Topliss-reactive ketones (excluding diaryl/α,β-unsaturated/α-hetero) is 1. The summed E-state index contributed by atoms with van der Waals surface area (Å²) in [7, 11) is 1.57. The first-order valence-corrected chi connectivity index (χ1v) is 11.3. The van der Waals surface area contributed by atoms with Gasteiger partial charge in [-0.3, -0.25) is 9.59 Å². The molecular weight excluding hydrogens is 440 g/mol. The van der Waals surface area contributed by atoms with Gasteiger partial charge in [-0.2, -0.15) is 0 Å². The van der Waals surface area contributed by atoms with Crippen molar-refractivity contribution in [2.45, 2.75) is 19.8 Å². The zero-order valence-electron chi connectivity index (χ0n) is 19.6. The highest BCUT2D eigenvalue weighted by Crippen LogP contribution is 2.24. The van der Waals surface area contributed by atoms with Crippen molar-refractivity contribution in [1.29, 1.82) is 0 Å². The van der Waals surface area contributed by atoms with Gasteiger partial charge in [0, 0.05) is 41.4 Å². The standard InChI is InChI=1S/C28H26N4O3/c1-19-29-25(20-7-4-3-5-8-20)18-27(30-19)31-22-9-6-10-23(17-22)32-28(34)16-15-26(33)21-11-13-24(35-2)14-12-21/h3-14,17-18H,15-16H2,1-2H3,(H,32,34)(H,29,30,31). The second kappa shape index (κ2) is 11.1. The zero-order valence-corrected chi connectivity index (χ0v) is 19.6. The molecule has 7 nitrogen and oxygen atoms in total. The van der Waals surface area contributed by atoms with Crippen molar-refractivity contribution in [1.82, 2.24) is 9.97 Å². The Morgan fingerprint density at radius 3 is 2.31 bits per heavy atom. The van der Waals surface area contributed by atoms with Crippen LogP contribution in [0, 0.1) is 6.92 Å². The number of nitrogens with zero attached hydrogens (tertiary/aromatic N) is 2. The maximum Gasteiger partial charge on any atom is 0.224 e. The Hall–Kier alpha value is -4.52. The van der Waals surface area contributed by atoms with Crippen molar-refractivity contribution in [3.63, 3.8) is 0 Å². The van der Waals surface area contributed by atoms with Crippen molar-refractivity contribution in [3.05, 3.63) is 96.3 Å². The first-order valence-electron chi connectivity index (χ1n) is 11.3. The molecule has 1 amide bonds. The molecule has 1 aromatic heterocycles. The summed E-state index contributed by atoms with van der Waals surface area (Å²) >= 11 is 0. The van der Waals surface area contributed by atoms with Gasteiger partial charge in [0.1, 0.15) is 17.4 Å². The molecule has 0 aliphatic carbocycles. The smallest absolute Gasteiger partial charge is 0.224 e. The Morgan fingerprint density at radius 2 is 1.57 bits per heavy atom. The Labute approximate surface area is 204 Å². The van der Waals surface area contributed by atoms with E-state index in [-0.39, 0.29) is 24.5 Å². The molecule has 0 spiro atoms. The maximum atomic E-state index is 12.4. The van der Waals surface area contributed by atoms with Gasteiger partial charge in [-0.05, 0) is 49.4 Å². The van der Waals surface area contributed by atoms with Gasteiger partial charge in [0.05, 0.1) is 12.8 Å². The summed E-state index contributed by atoms with van der Waals surface area (Å²) in [6.45, 7) is 1.85. The predicted octanol–water partition coefficient (Wildman–Crippen LogP) is 5.81. The highest BCUT2D eigenvalue weighted by atomic mass is 16.5. The van der Waals surface area contributed by atoms with E-state index in [1.807, 2.05) is 61.5 Å². The lowest BCUT2D eigenvalue weighted by atomic mass is 10.1. The summed E-state index contributed by atoms with van der Waals surface area (Å²) in [4.78, 5) is 33.8. The van der Waals surface area contributed by atoms with Gasteiger partial charge < -0.3 is 15.4 Å². The minimum Gasteiger partial charge on any atom is -0.497 e. The molecule has 35 heavy (non-hydrogen) atoms. The monoisotopic (exact) mass is 466 g/mol. The Balaban J connectivity index is 1.37. The van der Waals surface area contributed by atoms with Gasteiger partial charge >= 0.3 is 0 Å². The highest BCUT2D eigenvalue weighted by molar-refractivity contribution is 6.00. The summed E-state index contributed by atoms with van der Waals surface area (Å²) in [6.07, 6.45) is 0.215. The van der Waals surface area contributed by atoms with Crippen LogP contribution < -0.4 is 15.4 Å². The first kappa shape index (κ1) is 23.6. The minimum absolute atomic E-state index is 0.0911. The number of hydrogen-bond donors (Lipinski definition) is 2. The molecule has 0 unspecified atom stereocenters. The fourth-order valence-electron chi connectivity index (χ4n) is 3.58. The average molecular weight is 467 g/mol. The minimum atomic E-state index is -0.228. The van der Waals surface area contributed by atoms with E-state index < -0.39 is 0 Å². The van der Waals surface area contributed by atoms with Gasteiger partial charge in [-0.25, -0.2) is 9.97 Å². The molecule has 1 heterocycles. The highest BCUT2D eigenvalue weighted by Gasteiger charge is 2.11. The van der Waals surface area contributed by atoms with Gasteiger partial charge in [0.15, 0.2) is 5.78 Å². The van der Waals surface area contributed by atoms with Crippen molar-refractivity contribution in [2.24, 2.45) is 0 Å². The number of anilines is 3. The molecule has 0 atom stereocenters. The maximum absolute atomic E-state index is 12.4. The van der Waals surface area contributed by atoms with Crippen LogP contribution in [0.2, 0.25) is 0 Å². The Kier molecular flexibility index (Phi) is 7.47. The number of benzene rings is 3. The molecule has 0 saturated carbocycles. The molecule has 7 heteroatoms. The molecule has 0 saturated heterocycles. The molecule has 0 bridgehead atoms. The SMILES string of the molecule is COc1ccc(C(=O)CCC(=O)Nc2cccc(Nc3cc(-c4ccccc4)nc(C)n3)c2)cc1. The summed E-state index contributed by atoms with van der Waals surface area (Å²) in [6, 6.07) is 26.0. The van der Waals surface area contributed by atoms with E-state index >= 15 is 0 Å². The normalized spacial score (nSPS) is 10.5. The number of hydrogen-bond acceptors (Lipinski definition) is 6. The fourth-order valence-corrected chi connectivity index (χ4v) is 3.58. The third-order valence-corrected chi connectivity index (χ3v) is 5.32. The van der Waals surface area contributed by atoms with Crippen molar-refractivity contribution >= 4 is 28.9 Å². The Bertz CT molecular complexity index is 1320.